The van der Waals surface area contributed by atoms with Gasteiger partial charge in [-0.3, -0.25) is 8.98 Å². The van der Waals surface area contributed by atoms with Crippen molar-refractivity contribution >= 4 is 38.1 Å². The molecule has 2 amide bonds. The topological polar surface area (TPSA) is 166 Å². The van der Waals surface area contributed by atoms with E-state index in [-0.39, 0.29) is 30.0 Å². The minimum atomic E-state index is -4.65. The highest BCUT2D eigenvalue weighted by molar-refractivity contribution is 7.89. The molecule has 1 fully saturated rings. The average Bonchev–Trinajstić information content (AvgIpc) is 3.35. The number of esters is 1. The van der Waals surface area contributed by atoms with Gasteiger partial charge in [0.2, 0.25) is 0 Å². The van der Waals surface area contributed by atoms with Gasteiger partial charge >= 0.3 is 12.1 Å². The van der Waals surface area contributed by atoms with E-state index < -0.39 is 61.9 Å². The van der Waals surface area contributed by atoms with Gasteiger partial charge in [-0.05, 0) is 57.5 Å². The molecule has 15 heteroatoms. The van der Waals surface area contributed by atoms with Crippen LogP contribution in [-0.2, 0) is 45.1 Å². The van der Waals surface area contributed by atoms with Crippen molar-refractivity contribution in [2.45, 2.75) is 69.2 Å². The molecule has 1 aliphatic rings. The zero-order chi connectivity index (χ0) is 33.0. The summed E-state index contributed by atoms with van der Waals surface area (Å²) in [5.74, 6) is -1.72. The summed E-state index contributed by atoms with van der Waals surface area (Å²) in [6, 6.07) is 9.02. The van der Waals surface area contributed by atoms with Gasteiger partial charge in [-0.25, -0.2) is 22.3 Å². The van der Waals surface area contributed by atoms with Crippen molar-refractivity contribution in [2.75, 3.05) is 26.9 Å². The van der Waals surface area contributed by atoms with Gasteiger partial charge < -0.3 is 19.7 Å². The van der Waals surface area contributed by atoms with E-state index >= 15 is 0 Å². The van der Waals surface area contributed by atoms with Crippen molar-refractivity contribution in [3.63, 3.8) is 0 Å². The van der Waals surface area contributed by atoms with Gasteiger partial charge in [0.15, 0.2) is 0 Å². The number of aryl methyl sites for hydroxylation is 1. The van der Waals surface area contributed by atoms with Gasteiger partial charge in [-0.15, -0.1) is 0 Å². The van der Waals surface area contributed by atoms with Gasteiger partial charge in [0.1, 0.15) is 17.4 Å². The van der Waals surface area contributed by atoms with Gasteiger partial charge in [0, 0.05) is 33.5 Å². The Morgan fingerprint density at radius 1 is 0.977 bits per heavy atom. The van der Waals surface area contributed by atoms with Crippen molar-refractivity contribution < 1.29 is 44.9 Å². The third-order valence-electron chi connectivity index (χ3n) is 6.38. The second-order valence-electron chi connectivity index (χ2n) is 11.7. The Hall–Kier alpha value is -3.53. The smallest absolute Gasteiger partial charge is 0.414 e. The number of hydrogen-bond donors (Lipinski definition) is 1. The number of carbonyl (C=O) groups excluding carboxylic acids is 3. The van der Waals surface area contributed by atoms with E-state index in [1.807, 2.05) is 0 Å². The first-order valence-electron chi connectivity index (χ1n) is 13.7. The molecule has 242 valence electrons. The number of rotatable bonds is 10. The summed E-state index contributed by atoms with van der Waals surface area (Å²) < 4.78 is 68.1. The summed E-state index contributed by atoms with van der Waals surface area (Å²) in [4.78, 5) is 40.8. The maximum atomic E-state index is 14.2. The number of nitrogens with one attached hydrogen (secondary N) is 1. The van der Waals surface area contributed by atoms with Crippen LogP contribution in [0.5, 0.6) is 5.75 Å². The molecule has 3 atom stereocenters. The Bertz CT molecular complexity index is 1570. The fourth-order valence-corrected chi connectivity index (χ4v) is 6.58. The molecule has 0 radical (unpaired) electrons. The number of nitrogens with zero attached hydrogens (tertiary/aromatic N) is 2. The van der Waals surface area contributed by atoms with E-state index in [4.69, 9.17) is 13.7 Å². The second-order valence-corrected chi connectivity index (χ2v) is 15.1. The number of ether oxygens (including phenoxy) is 2. The fraction of sp³-hybridized carbons (Fsp3) is 0.483. The van der Waals surface area contributed by atoms with Crippen LogP contribution >= 0.6 is 0 Å². The molecule has 1 unspecified atom stereocenters. The molecular formula is C29H39N3O10S2. The quantitative estimate of drug-likeness (QED) is 0.295. The van der Waals surface area contributed by atoms with E-state index in [0.717, 1.165) is 11.8 Å². The van der Waals surface area contributed by atoms with Gasteiger partial charge in [0.05, 0.1) is 23.3 Å². The molecular weight excluding hydrogens is 614 g/mol. The van der Waals surface area contributed by atoms with Crippen LogP contribution in [0, 0.1) is 6.92 Å². The summed E-state index contributed by atoms with van der Waals surface area (Å²) in [5.41, 5.74) is 0.195. The van der Waals surface area contributed by atoms with Crippen molar-refractivity contribution in [1.29, 1.82) is 0 Å². The lowest BCUT2D eigenvalue weighted by molar-refractivity contribution is -0.162. The van der Waals surface area contributed by atoms with Crippen LogP contribution in [0.4, 0.5) is 4.79 Å². The predicted octanol–water partition coefficient (Wildman–Crippen LogP) is 2.23. The number of amides is 2. The highest BCUT2D eigenvalue weighted by Crippen LogP contribution is 2.27. The van der Waals surface area contributed by atoms with E-state index in [1.54, 1.807) is 52.0 Å². The lowest BCUT2D eigenvalue weighted by atomic mass is 10.0. The highest BCUT2D eigenvalue weighted by Gasteiger charge is 2.46. The Balaban J connectivity index is 2.08. The third kappa shape index (κ3) is 9.48. The molecule has 1 N–H and O–H groups in total. The average molecular weight is 654 g/mol. The zero-order valence-corrected chi connectivity index (χ0v) is 27.4. The molecule has 44 heavy (non-hydrogen) atoms. The molecule has 3 rings (SSSR count). The standard InChI is InChI=1S/C29H39N3O10S2/c1-19-8-14-23(15-9-19)44(38,39)32(26(33)24-17-22(18-30-24)42-43(7,36)37)25(27(34)41-29(2,3)4)16-20-10-12-21(13-11-20)40-28(35)31(5)6/h8-15,22,24-25,30H,16-18H2,1-7H3/t22?,24-,25-/m0/s1. The zero-order valence-electron chi connectivity index (χ0n) is 25.8. The molecule has 13 nitrogen and oxygen atoms in total. The maximum Gasteiger partial charge on any atom is 0.414 e. The third-order valence-corrected chi connectivity index (χ3v) is 8.82. The van der Waals surface area contributed by atoms with Crippen molar-refractivity contribution in [3.05, 3.63) is 59.7 Å². The van der Waals surface area contributed by atoms with Gasteiger partial charge in [0.25, 0.3) is 26.0 Å². The Labute approximate surface area is 258 Å². The van der Waals surface area contributed by atoms with E-state index in [2.05, 4.69) is 5.32 Å². The summed E-state index contributed by atoms with van der Waals surface area (Å²) in [6.45, 7) is 6.57. The van der Waals surface area contributed by atoms with Crippen LogP contribution in [-0.4, -0.2) is 94.7 Å². The van der Waals surface area contributed by atoms with Crippen LogP contribution in [0.25, 0.3) is 0 Å². The summed E-state index contributed by atoms with van der Waals surface area (Å²) in [5, 5.41) is 2.83. The number of sulfonamides is 1. The van der Waals surface area contributed by atoms with Gasteiger partial charge in [-0.2, -0.15) is 8.42 Å². The van der Waals surface area contributed by atoms with E-state index in [0.29, 0.717) is 9.87 Å². The summed E-state index contributed by atoms with van der Waals surface area (Å²) in [6.07, 6.45) is -1.07. The summed E-state index contributed by atoms with van der Waals surface area (Å²) >= 11 is 0. The van der Waals surface area contributed by atoms with Crippen LogP contribution in [0.2, 0.25) is 0 Å². The highest BCUT2D eigenvalue weighted by atomic mass is 32.2. The van der Waals surface area contributed by atoms with Crippen LogP contribution in [0.15, 0.2) is 53.4 Å². The number of hydrogen-bond acceptors (Lipinski definition) is 11. The van der Waals surface area contributed by atoms with Crippen molar-refractivity contribution in [1.82, 2.24) is 14.5 Å². The molecule has 1 heterocycles. The summed E-state index contributed by atoms with van der Waals surface area (Å²) in [7, 11) is -5.45. The number of benzene rings is 2. The minimum absolute atomic E-state index is 0.0356. The SMILES string of the molecule is Cc1ccc(S(=O)(=O)N(C(=O)[C@@H]2CC(OS(C)(=O)=O)CN2)[C@@H](Cc2ccc(OC(=O)N(C)C)cc2)C(=O)OC(C)(C)C)cc1. The monoisotopic (exact) mass is 653 g/mol. The van der Waals surface area contributed by atoms with Crippen LogP contribution < -0.4 is 10.1 Å². The lowest BCUT2D eigenvalue weighted by Crippen LogP contribution is -2.55. The van der Waals surface area contributed by atoms with E-state index in [9.17, 15) is 31.2 Å². The first-order valence-corrected chi connectivity index (χ1v) is 17.0. The molecule has 0 bridgehead atoms. The van der Waals surface area contributed by atoms with Crippen LogP contribution in [0.1, 0.15) is 38.3 Å². The minimum Gasteiger partial charge on any atom is -0.458 e. The fourth-order valence-electron chi connectivity index (χ4n) is 4.37. The molecule has 0 aromatic heterocycles. The lowest BCUT2D eigenvalue weighted by Gasteiger charge is -2.33. The Kier molecular flexibility index (Phi) is 10.8. The largest absolute Gasteiger partial charge is 0.458 e. The molecule has 0 saturated carbocycles. The van der Waals surface area contributed by atoms with Crippen molar-refractivity contribution in [3.8, 4) is 5.75 Å². The molecule has 2 aromatic rings. The molecule has 0 spiro atoms. The first kappa shape index (κ1) is 35.0. The molecule has 0 aliphatic carbocycles. The second kappa shape index (κ2) is 13.6. The molecule has 2 aromatic carbocycles. The van der Waals surface area contributed by atoms with Crippen molar-refractivity contribution in [2.24, 2.45) is 0 Å². The normalized spacial score (nSPS) is 17.9. The molecule has 1 aliphatic heterocycles. The Morgan fingerprint density at radius 2 is 1.57 bits per heavy atom. The van der Waals surface area contributed by atoms with E-state index in [1.165, 1.54) is 43.3 Å². The Morgan fingerprint density at radius 3 is 2.09 bits per heavy atom. The first-order chi connectivity index (χ1) is 20.3. The maximum absolute atomic E-state index is 14.2. The molecule has 1 saturated heterocycles. The predicted molar refractivity (Wildman–Crippen MR) is 161 cm³/mol. The number of carbonyl (C=O) groups is 3. The van der Waals surface area contributed by atoms with Gasteiger partial charge in [-0.1, -0.05) is 29.8 Å². The van der Waals surface area contributed by atoms with Crippen LogP contribution in [0.3, 0.4) is 0 Å².